The minimum Gasteiger partial charge on any atom is -0.481 e. The molecule has 0 saturated heterocycles. The average Bonchev–Trinajstić information content (AvgIpc) is 1.99. The van der Waals surface area contributed by atoms with E-state index in [4.69, 9.17) is 5.11 Å². The molecule has 13 heavy (non-hydrogen) atoms. The van der Waals surface area contributed by atoms with E-state index in [2.05, 4.69) is 11.3 Å². The van der Waals surface area contributed by atoms with Gasteiger partial charge in [-0.25, -0.2) is 0 Å². The van der Waals surface area contributed by atoms with Crippen LogP contribution in [0.3, 0.4) is 0 Å². The summed E-state index contributed by atoms with van der Waals surface area (Å²) in [6.45, 7) is 7.05. The Morgan fingerprint density at radius 2 is 2.08 bits per heavy atom. The van der Waals surface area contributed by atoms with Crippen molar-refractivity contribution in [3.8, 4) is 0 Å². The Kier molecular flexibility index (Phi) is 4.80. The molecule has 0 saturated carbocycles. The van der Waals surface area contributed by atoms with E-state index in [9.17, 15) is 9.59 Å². The van der Waals surface area contributed by atoms with Gasteiger partial charge in [-0.15, -0.1) is 6.58 Å². The van der Waals surface area contributed by atoms with E-state index >= 15 is 0 Å². The van der Waals surface area contributed by atoms with Gasteiger partial charge in [-0.3, -0.25) is 9.59 Å². The van der Waals surface area contributed by atoms with E-state index in [0.717, 1.165) is 0 Å². The summed E-state index contributed by atoms with van der Waals surface area (Å²) in [6, 6.07) is 0. The SMILES string of the molecule is C=C(C)CC(C(=O)O)C(=O)OCC. The summed E-state index contributed by atoms with van der Waals surface area (Å²) >= 11 is 0. The molecule has 4 nitrogen and oxygen atoms in total. The summed E-state index contributed by atoms with van der Waals surface area (Å²) in [5.41, 5.74) is 0.653. The minimum atomic E-state index is -1.17. The second kappa shape index (κ2) is 5.35. The van der Waals surface area contributed by atoms with Gasteiger partial charge in [0.15, 0.2) is 5.92 Å². The summed E-state index contributed by atoms with van der Waals surface area (Å²) in [5, 5.41) is 8.68. The van der Waals surface area contributed by atoms with Crippen LogP contribution in [0, 0.1) is 5.92 Å². The van der Waals surface area contributed by atoms with Crippen molar-refractivity contribution >= 4 is 11.9 Å². The van der Waals surface area contributed by atoms with Gasteiger partial charge in [-0.2, -0.15) is 0 Å². The number of esters is 1. The van der Waals surface area contributed by atoms with Crippen molar-refractivity contribution in [1.29, 1.82) is 0 Å². The number of carboxylic acid groups (broad SMARTS) is 1. The highest BCUT2D eigenvalue weighted by Crippen LogP contribution is 2.11. The molecule has 0 radical (unpaired) electrons. The van der Waals surface area contributed by atoms with E-state index in [-0.39, 0.29) is 13.0 Å². The predicted octanol–water partition coefficient (Wildman–Crippen LogP) is 1.22. The zero-order valence-electron chi connectivity index (χ0n) is 7.87. The second-order valence-electron chi connectivity index (χ2n) is 2.80. The summed E-state index contributed by atoms with van der Waals surface area (Å²) in [5.74, 6) is -2.98. The molecule has 0 aliphatic rings. The molecule has 0 aromatic heterocycles. The quantitative estimate of drug-likeness (QED) is 0.398. The molecule has 0 spiro atoms. The molecule has 0 bridgehead atoms. The van der Waals surface area contributed by atoms with Crippen LogP contribution in [0.15, 0.2) is 12.2 Å². The Balaban J connectivity index is 4.32. The van der Waals surface area contributed by atoms with Crippen LogP contribution in [0.5, 0.6) is 0 Å². The molecule has 1 atom stereocenters. The zero-order chi connectivity index (χ0) is 10.4. The minimum absolute atomic E-state index is 0.133. The Morgan fingerprint density at radius 1 is 1.54 bits per heavy atom. The molecule has 1 N–H and O–H groups in total. The summed E-state index contributed by atoms with van der Waals surface area (Å²) in [7, 11) is 0. The zero-order valence-corrected chi connectivity index (χ0v) is 7.87. The molecule has 4 heteroatoms. The number of carboxylic acids is 1. The number of ether oxygens (including phenoxy) is 1. The lowest BCUT2D eigenvalue weighted by Crippen LogP contribution is -2.26. The molecular weight excluding hydrogens is 172 g/mol. The standard InChI is InChI=1S/C9H14O4/c1-4-13-9(12)7(8(10)11)5-6(2)3/h7H,2,4-5H2,1,3H3,(H,10,11). The molecule has 0 aliphatic carbocycles. The molecule has 0 heterocycles. The van der Waals surface area contributed by atoms with Gasteiger partial charge < -0.3 is 9.84 Å². The van der Waals surface area contributed by atoms with Crippen molar-refractivity contribution in [2.45, 2.75) is 20.3 Å². The topological polar surface area (TPSA) is 63.6 Å². The lowest BCUT2D eigenvalue weighted by Gasteiger charge is -2.10. The van der Waals surface area contributed by atoms with Gasteiger partial charge in [-0.1, -0.05) is 5.57 Å². The van der Waals surface area contributed by atoms with Crippen LogP contribution in [0.2, 0.25) is 0 Å². The number of allylic oxidation sites excluding steroid dienone is 1. The van der Waals surface area contributed by atoms with Gasteiger partial charge >= 0.3 is 11.9 Å². The molecule has 0 fully saturated rings. The number of carbonyl (C=O) groups excluding carboxylic acids is 1. The fraction of sp³-hybridized carbons (Fsp3) is 0.556. The van der Waals surface area contributed by atoms with Gasteiger partial charge in [0.2, 0.25) is 0 Å². The van der Waals surface area contributed by atoms with Gasteiger partial charge in [-0.05, 0) is 20.3 Å². The fourth-order valence-electron chi connectivity index (χ4n) is 0.863. The fourth-order valence-corrected chi connectivity index (χ4v) is 0.863. The number of aliphatic carboxylic acids is 1. The highest BCUT2D eigenvalue weighted by molar-refractivity contribution is 5.94. The van der Waals surface area contributed by atoms with Gasteiger partial charge in [0.05, 0.1) is 6.61 Å². The Bertz CT molecular complexity index is 220. The first-order valence-electron chi connectivity index (χ1n) is 4.02. The van der Waals surface area contributed by atoms with Crippen molar-refractivity contribution < 1.29 is 19.4 Å². The monoisotopic (exact) mass is 186 g/mol. The molecule has 0 aromatic rings. The third kappa shape index (κ3) is 4.30. The van der Waals surface area contributed by atoms with Crippen LogP contribution < -0.4 is 0 Å². The highest BCUT2D eigenvalue weighted by Gasteiger charge is 2.27. The van der Waals surface area contributed by atoms with Gasteiger partial charge in [0.25, 0.3) is 0 Å². The molecule has 0 aliphatic heterocycles. The van der Waals surface area contributed by atoms with E-state index in [0.29, 0.717) is 5.57 Å². The van der Waals surface area contributed by atoms with Gasteiger partial charge in [0, 0.05) is 0 Å². The van der Waals surface area contributed by atoms with Crippen LogP contribution >= 0.6 is 0 Å². The normalized spacial score (nSPS) is 11.8. The smallest absolute Gasteiger partial charge is 0.320 e. The van der Waals surface area contributed by atoms with Crippen molar-refractivity contribution in [2.75, 3.05) is 6.61 Å². The molecule has 0 rings (SSSR count). The van der Waals surface area contributed by atoms with Crippen LogP contribution in [0.4, 0.5) is 0 Å². The van der Waals surface area contributed by atoms with Gasteiger partial charge in [0.1, 0.15) is 0 Å². The Morgan fingerprint density at radius 3 is 2.38 bits per heavy atom. The number of hydrogen-bond acceptors (Lipinski definition) is 3. The van der Waals surface area contributed by atoms with Crippen molar-refractivity contribution in [3.63, 3.8) is 0 Å². The molecule has 74 valence electrons. The maximum atomic E-state index is 11.1. The Hall–Kier alpha value is -1.32. The largest absolute Gasteiger partial charge is 0.481 e. The first-order valence-corrected chi connectivity index (χ1v) is 4.02. The average molecular weight is 186 g/mol. The lowest BCUT2D eigenvalue weighted by molar-refractivity contribution is -0.158. The summed E-state index contributed by atoms with van der Waals surface area (Å²) in [4.78, 5) is 21.7. The molecule has 0 aromatic carbocycles. The van der Waals surface area contributed by atoms with Crippen LogP contribution in [0.1, 0.15) is 20.3 Å². The third-order valence-corrected chi connectivity index (χ3v) is 1.42. The molecular formula is C9H14O4. The number of rotatable bonds is 5. The van der Waals surface area contributed by atoms with E-state index in [1.54, 1.807) is 13.8 Å². The van der Waals surface area contributed by atoms with Crippen molar-refractivity contribution in [1.82, 2.24) is 0 Å². The van der Waals surface area contributed by atoms with Crippen LogP contribution in [0.25, 0.3) is 0 Å². The Labute approximate surface area is 77.2 Å². The summed E-state index contributed by atoms with van der Waals surface area (Å²) < 4.78 is 4.61. The van der Waals surface area contributed by atoms with Crippen LogP contribution in [-0.4, -0.2) is 23.7 Å². The van der Waals surface area contributed by atoms with E-state index in [1.165, 1.54) is 0 Å². The summed E-state index contributed by atoms with van der Waals surface area (Å²) in [6.07, 6.45) is 0.133. The lowest BCUT2D eigenvalue weighted by atomic mass is 10.0. The maximum absolute atomic E-state index is 11.1. The third-order valence-electron chi connectivity index (χ3n) is 1.42. The predicted molar refractivity (Wildman–Crippen MR) is 47.2 cm³/mol. The second-order valence-corrected chi connectivity index (χ2v) is 2.80. The van der Waals surface area contributed by atoms with E-state index in [1.807, 2.05) is 0 Å². The highest BCUT2D eigenvalue weighted by atomic mass is 16.5. The van der Waals surface area contributed by atoms with Crippen molar-refractivity contribution in [2.24, 2.45) is 5.92 Å². The maximum Gasteiger partial charge on any atom is 0.320 e. The first-order chi connectivity index (χ1) is 5.99. The van der Waals surface area contributed by atoms with Crippen LogP contribution in [-0.2, 0) is 14.3 Å². The molecule has 1 unspecified atom stereocenters. The molecule has 0 amide bonds. The number of hydrogen-bond donors (Lipinski definition) is 1. The van der Waals surface area contributed by atoms with E-state index < -0.39 is 17.9 Å². The first kappa shape index (κ1) is 11.7. The van der Waals surface area contributed by atoms with Crippen molar-refractivity contribution in [3.05, 3.63) is 12.2 Å². The number of carbonyl (C=O) groups is 2.